The van der Waals surface area contributed by atoms with Crippen molar-refractivity contribution in [1.82, 2.24) is 19.8 Å². The van der Waals surface area contributed by atoms with Crippen LogP contribution in [0.3, 0.4) is 0 Å². The van der Waals surface area contributed by atoms with E-state index in [-0.39, 0.29) is 22.6 Å². The standard InChI is InChI=1S/C19H20N4O2S2/c24-16-12-26-18(14-4-1-6-20-10-14)22(16)8-3-9-23-17(25)13-27-19(23)15-5-2-7-21-11-15/h1-2,4-7,10-11,18-19H,3,8-9,12-13H2/t18-,19+. The van der Waals surface area contributed by atoms with Crippen molar-refractivity contribution in [3.8, 4) is 0 Å². The highest BCUT2D eigenvalue weighted by Gasteiger charge is 2.35. The van der Waals surface area contributed by atoms with Gasteiger partial charge in [-0.05, 0) is 18.6 Å². The van der Waals surface area contributed by atoms with Crippen LogP contribution in [0.1, 0.15) is 28.3 Å². The second-order valence-corrected chi connectivity index (χ2v) is 8.56. The number of pyridine rings is 2. The summed E-state index contributed by atoms with van der Waals surface area (Å²) in [5.41, 5.74) is 2.10. The average molecular weight is 401 g/mol. The molecular formula is C19H20N4O2S2. The van der Waals surface area contributed by atoms with Gasteiger partial charge in [-0.25, -0.2) is 0 Å². The van der Waals surface area contributed by atoms with E-state index < -0.39 is 0 Å². The van der Waals surface area contributed by atoms with Gasteiger partial charge in [0, 0.05) is 49.0 Å². The number of carbonyl (C=O) groups is 2. The lowest BCUT2D eigenvalue weighted by atomic mass is 10.2. The zero-order chi connectivity index (χ0) is 18.6. The number of nitrogens with zero attached hydrogens (tertiary/aromatic N) is 4. The second kappa shape index (κ2) is 8.31. The van der Waals surface area contributed by atoms with Gasteiger partial charge in [0.05, 0.1) is 11.5 Å². The van der Waals surface area contributed by atoms with Crippen LogP contribution in [0, 0.1) is 0 Å². The molecule has 2 aliphatic rings. The third-order valence-electron chi connectivity index (χ3n) is 4.67. The zero-order valence-corrected chi connectivity index (χ0v) is 16.4. The summed E-state index contributed by atoms with van der Waals surface area (Å²) in [6, 6.07) is 7.82. The molecule has 0 aromatic carbocycles. The van der Waals surface area contributed by atoms with E-state index in [2.05, 4.69) is 9.97 Å². The molecule has 2 atom stereocenters. The Morgan fingerprint density at radius 3 is 1.74 bits per heavy atom. The van der Waals surface area contributed by atoms with E-state index in [1.54, 1.807) is 35.9 Å². The van der Waals surface area contributed by atoms with E-state index in [4.69, 9.17) is 0 Å². The first-order valence-electron chi connectivity index (χ1n) is 8.86. The van der Waals surface area contributed by atoms with Gasteiger partial charge in [0.15, 0.2) is 0 Å². The first-order chi connectivity index (χ1) is 13.2. The van der Waals surface area contributed by atoms with Crippen molar-refractivity contribution in [3.05, 3.63) is 60.2 Å². The van der Waals surface area contributed by atoms with Crippen molar-refractivity contribution in [2.45, 2.75) is 17.2 Å². The van der Waals surface area contributed by atoms with Crippen LogP contribution in [0.5, 0.6) is 0 Å². The Hall–Kier alpha value is -2.06. The molecule has 0 radical (unpaired) electrons. The van der Waals surface area contributed by atoms with Crippen LogP contribution in [0.2, 0.25) is 0 Å². The minimum Gasteiger partial charge on any atom is -0.326 e. The summed E-state index contributed by atoms with van der Waals surface area (Å²) in [4.78, 5) is 36.8. The van der Waals surface area contributed by atoms with Crippen LogP contribution < -0.4 is 0 Å². The maximum absolute atomic E-state index is 12.3. The Bertz CT molecular complexity index is 738. The number of aromatic nitrogens is 2. The Morgan fingerprint density at radius 2 is 1.33 bits per heavy atom. The predicted molar refractivity (Wildman–Crippen MR) is 107 cm³/mol. The summed E-state index contributed by atoms with van der Waals surface area (Å²) in [6.07, 6.45) is 7.88. The molecule has 2 saturated heterocycles. The van der Waals surface area contributed by atoms with Crippen LogP contribution in [-0.2, 0) is 9.59 Å². The lowest BCUT2D eigenvalue weighted by Gasteiger charge is -2.27. The van der Waals surface area contributed by atoms with E-state index in [1.807, 2.05) is 46.5 Å². The Labute approximate surface area is 166 Å². The van der Waals surface area contributed by atoms with Gasteiger partial charge in [-0.15, -0.1) is 23.5 Å². The molecule has 8 heteroatoms. The topological polar surface area (TPSA) is 66.4 Å². The van der Waals surface area contributed by atoms with Crippen molar-refractivity contribution < 1.29 is 9.59 Å². The van der Waals surface area contributed by atoms with Gasteiger partial charge >= 0.3 is 0 Å². The summed E-state index contributed by atoms with van der Waals surface area (Å²) >= 11 is 3.27. The van der Waals surface area contributed by atoms with E-state index in [9.17, 15) is 9.59 Å². The van der Waals surface area contributed by atoms with Crippen LogP contribution >= 0.6 is 23.5 Å². The number of carbonyl (C=O) groups excluding carboxylic acids is 2. The molecule has 4 rings (SSSR count). The SMILES string of the molecule is O=C1CS[C@H](c2cccnc2)N1CCCN1C(=O)CS[C@H]1c1cccnc1. The largest absolute Gasteiger partial charge is 0.326 e. The van der Waals surface area contributed by atoms with Gasteiger partial charge in [-0.3, -0.25) is 19.6 Å². The molecule has 27 heavy (non-hydrogen) atoms. The van der Waals surface area contributed by atoms with Crippen LogP contribution in [0.4, 0.5) is 0 Å². The van der Waals surface area contributed by atoms with E-state index >= 15 is 0 Å². The molecule has 2 amide bonds. The van der Waals surface area contributed by atoms with Gasteiger partial charge in [0.2, 0.25) is 11.8 Å². The summed E-state index contributed by atoms with van der Waals surface area (Å²) in [7, 11) is 0. The van der Waals surface area contributed by atoms with Crippen LogP contribution in [-0.4, -0.2) is 56.2 Å². The normalized spacial score (nSPS) is 22.7. The maximum Gasteiger partial charge on any atom is 0.233 e. The molecule has 2 aromatic heterocycles. The average Bonchev–Trinajstić information content (AvgIpc) is 3.26. The lowest BCUT2D eigenvalue weighted by Crippen LogP contribution is -2.34. The monoisotopic (exact) mass is 400 g/mol. The van der Waals surface area contributed by atoms with Crippen molar-refractivity contribution in [1.29, 1.82) is 0 Å². The summed E-state index contributed by atoms with van der Waals surface area (Å²) in [6.45, 7) is 1.28. The molecule has 140 valence electrons. The fraction of sp³-hybridized carbons (Fsp3) is 0.368. The van der Waals surface area contributed by atoms with Gasteiger partial charge < -0.3 is 9.80 Å². The van der Waals surface area contributed by atoms with Crippen molar-refractivity contribution in [2.75, 3.05) is 24.6 Å². The second-order valence-electron chi connectivity index (χ2n) is 6.43. The van der Waals surface area contributed by atoms with Gasteiger partial charge in [-0.1, -0.05) is 12.1 Å². The molecule has 6 nitrogen and oxygen atoms in total. The van der Waals surface area contributed by atoms with Gasteiger partial charge in [-0.2, -0.15) is 0 Å². The molecule has 2 aromatic rings. The van der Waals surface area contributed by atoms with Crippen LogP contribution in [0.25, 0.3) is 0 Å². The highest BCUT2D eigenvalue weighted by atomic mass is 32.2. The Balaban J connectivity index is 1.39. The third-order valence-corrected chi connectivity index (χ3v) is 7.19. The number of hydrogen-bond donors (Lipinski definition) is 0. The van der Waals surface area contributed by atoms with E-state index in [0.29, 0.717) is 24.6 Å². The molecule has 2 aliphatic heterocycles. The minimum atomic E-state index is 0.0176. The summed E-state index contributed by atoms with van der Waals surface area (Å²) in [5.74, 6) is 1.30. The molecule has 4 heterocycles. The lowest BCUT2D eigenvalue weighted by molar-refractivity contribution is -0.128. The zero-order valence-electron chi connectivity index (χ0n) is 14.7. The maximum atomic E-state index is 12.3. The first kappa shape index (κ1) is 18.3. The number of hydrogen-bond acceptors (Lipinski definition) is 6. The van der Waals surface area contributed by atoms with Crippen molar-refractivity contribution in [3.63, 3.8) is 0 Å². The quantitative estimate of drug-likeness (QED) is 0.743. The number of thioether (sulfide) groups is 2. The Morgan fingerprint density at radius 1 is 0.852 bits per heavy atom. The fourth-order valence-corrected chi connectivity index (χ4v) is 5.80. The highest BCUT2D eigenvalue weighted by molar-refractivity contribution is 8.00. The third kappa shape index (κ3) is 3.96. The highest BCUT2D eigenvalue weighted by Crippen LogP contribution is 2.40. The molecule has 0 aliphatic carbocycles. The van der Waals surface area contributed by atoms with Gasteiger partial charge in [0.1, 0.15) is 10.7 Å². The molecule has 0 unspecified atom stereocenters. The van der Waals surface area contributed by atoms with Crippen molar-refractivity contribution in [2.24, 2.45) is 0 Å². The minimum absolute atomic E-state index is 0.0176. The van der Waals surface area contributed by atoms with E-state index in [1.165, 1.54) is 0 Å². The van der Waals surface area contributed by atoms with E-state index in [0.717, 1.165) is 17.5 Å². The summed E-state index contributed by atoms with van der Waals surface area (Å²) in [5, 5.41) is 0.0351. The van der Waals surface area contributed by atoms with Gasteiger partial charge in [0.25, 0.3) is 0 Å². The molecular weight excluding hydrogens is 380 g/mol. The first-order valence-corrected chi connectivity index (χ1v) is 11.0. The molecule has 0 spiro atoms. The fourth-order valence-electron chi connectivity index (χ4n) is 3.40. The summed E-state index contributed by atoms with van der Waals surface area (Å²) < 4.78 is 0. The Kier molecular flexibility index (Phi) is 5.63. The predicted octanol–water partition coefficient (Wildman–Crippen LogP) is 2.71. The number of amides is 2. The van der Waals surface area contributed by atoms with Crippen molar-refractivity contribution >= 4 is 35.3 Å². The molecule has 0 N–H and O–H groups in total. The number of rotatable bonds is 6. The molecule has 2 fully saturated rings. The smallest absolute Gasteiger partial charge is 0.233 e. The van der Waals surface area contributed by atoms with Crippen LogP contribution in [0.15, 0.2) is 49.1 Å². The molecule has 0 saturated carbocycles. The molecule has 0 bridgehead atoms.